The van der Waals surface area contributed by atoms with E-state index < -0.39 is 0 Å². The molecule has 0 spiro atoms. The summed E-state index contributed by atoms with van der Waals surface area (Å²) in [6, 6.07) is 5.66. The molecule has 16 heavy (non-hydrogen) atoms. The summed E-state index contributed by atoms with van der Waals surface area (Å²) < 4.78 is 10.4. The molecule has 0 saturated carbocycles. The lowest BCUT2D eigenvalue weighted by Gasteiger charge is -2.03. The van der Waals surface area contributed by atoms with E-state index in [1.165, 1.54) is 0 Å². The standard InChI is InChI=1S/C11H13N3O2/c1-3-15-11-14-13-10(16-11)8-6-4-5-7(2)9(8)12/h4-6H,3,12H2,1-2H3. The molecule has 0 bridgehead atoms. The van der Waals surface area contributed by atoms with Crippen molar-refractivity contribution in [3.8, 4) is 17.5 Å². The molecular weight excluding hydrogens is 206 g/mol. The smallest absolute Gasteiger partial charge is 0.414 e. The van der Waals surface area contributed by atoms with Gasteiger partial charge in [0.15, 0.2) is 0 Å². The quantitative estimate of drug-likeness (QED) is 0.799. The Morgan fingerprint density at radius 1 is 1.38 bits per heavy atom. The van der Waals surface area contributed by atoms with Crippen molar-refractivity contribution in [2.24, 2.45) is 0 Å². The molecule has 84 valence electrons. The van der Waals surface area contributed by atoms with Gasteiger partial charge in [-0.3, -0.25) is 0 Å². The number of hydrogen-bond acceptors (Lipinski definition) is 5. The van der Waals surface area contributed by atoms with Gasteiger partial charge in [-0.05, 0) is 25.5 Å². The van der Waals surface area contributed by atoms with Crippen LogP contribution in [0.15, 0.2) is 22.6 Å². The first-order valence-electron chi connectivity index (χ1n) is 5.04. The highest BCUT2D eigenvalue weighted by Gasteiger charge is 2.12. The van der Waals surface area contributed by atoms with Crippen LogP contribution in [0.3, 0.4) is 0 Å². The maximum absolute atomic E-state index is 5.93. The third kappa shape index (κ3) is 1.84. The molecular formula is C11H13N3O2. The van der Waals surface area contributed by atoms with Gasteiger partial charge in [-0.15, -0.1) is 5.10 Å². The zero-order chi connectivity index (χ0) is 11.5. The van der Waals surface area contributed by atoms with E-state index >= 15 is 0 Å². The third-order valence-corrected chi connectivity index (χ3v) is 2.23. The van der Waals surface area contributed by atoms with Crippen LogP contribution in [0.25, 0.3) is 11.5 Å². The van der Waals surface area contributed by atoms with Crippen LogP contribution in [-0.4, -0.2) is 16.8 Å². The second kappa shape index (κ2) is 4.22. The Hall–Kier alpha value is -2.04. The van der Waals surface area contributed by atoms with Crippen LogP contribution in [0.4, 0.5) is 5.69 Å². The monoisotopic (exact) mass is 219 g/mol. The molecule has 0 unspecified atom stereocenters. The number of rotatable bonds is 3. The minimum atomic E-state index is 0.165. The summed E-state index contributed by atoms with van der Waals surface area (Å²) in [5.41, 5.74) is 8.29. The average Bonchev–Trinajstić information content (AvgIpc) is 2.71. The molecule has 2 aromatic rings. The molecule has 5 heteroatoms. The van der Waals surface area contributed by atoms with Crippen molar-refractivity contribution in [1.29, 1.82) is 0 Å². The highest BCUT2D eigenvalue weighted by atomic mass is 16.6. The third-order valence-electron chi connectivity index (χ3n) is 2.23. The zero-order valence-electron chi connectivity index (χ0n) is 9.23. The predicted molar refractivity (Wildman–Crippen MR) is 60.1 cm³/mol. The lowest BCUT2D eigenvalue weighted by Crippen LogP contribution is -1.93. The Labute approximate surface area is 93.2 Å². The van der Waals surface area contributed by atoms with Gasteiger partial charge in [-0.1, -0.05) is 17.2 Å². The Morgan fingerprint density at radius 2 is 2.19 bits per heavy atom. The summed E-state index contributed by atoms with van der Waals surface area (Å²) >= 11 is 0. The molecule has 2 N–H and O–H groups in total. The van der Waals surface area contributed by atoms with Gasteiger partial charge >= 0.3 is 6.08 Å². The number of anilines is 1. The molecule has 0 aliphatic carbocycles. The molecule has 0 aliphatic heterocycles. The van der Waals surface area contributed by atoms with Crippen molar-refractivity contribution >= 4 is 5.69 Å². The Balaban J connectivity index is 2.39. The van der Waals surface area contributed by atoms with Crippen LogP contribution >= 0.6 is 0 Å². The number of aryl methyl sites for hydroxylation is 1. The topological polar surface area (TPSA) is 74.2 Å². The molecule has 5 nitrogen and oxygen atoms in total. The fourth-order valence-electron chi connectivity index (χ4n) is 1.37. The highest BCUT2D eigenvalue weighted by molar-refractivity contribution is 5.72. The van der Waals surface area contributed by atoms with Gasteiger partial charge in [0.25, 0.3) is 5.89 Å². The number of nitrogen functional groups attached to an aromatic ring is 1. The first-order valence-corrected chi connectivity index (χ1v) is 5.04. The van der Waals surface area contributed by atoms with Gasteiger partial charge in [-0.2, -0.15) is 0 Å². The molecule has 1 aromatic heterocycles. The van der Waals surface area contributed by atoms with Gasteiger partial charge in [-0.25, -0.2) is 0 Å². The van der Waals surface area contributed by atoms with Gasteiger partial charge in [0.05, 0.1) is 12.2 Å². The minimum Gasteiger partial charge on any atom is -0.449 e. The van der Waals surface area contributed by atoms with Gasteiger partial charge in [0, 0.05) is 5.69 Å². The molecule has 0 amide bonds. The number of hydrogen-bond donors (Lipinski definition) is 1. The van der Waals surface area contributed by atoms with Crippen molar-refractivity contribution in [2.45, 2.75) is 13.8 Å². The van der Waals surface area contributed by atoms with Crippen LogP contribution in [0.1, 0.15) is 12.5 Å². The Morgan fingerprint density at radius 3 is 2.94 bits per heavy atom. The largest absolute Gasteiger partial charge is 0.449 e. The summed E-state index contributed by atoms with van der Waals surface area (Å²) in [7, 11) is 0. The predicted octanol–water partition coefficient (Wildman–Crippen LogP) is 2.03. The fourth-order valence-corrected chi connectivity index (χ4v) is 1.37. The van der Waals surface area contributed by atoms with Gasteiger partial charge in [0.1, 0.15) is 0 Å². The van der Waals surface area contributed by atoms with E-state index in [9.17, 15) is 0 Å². The van der Waals surface area contributed by atoms with Crippen molar-refractivity contribution < 1.29 is 9.15 Å². The normalized spacial score (nSPS) is 10.4. The number of benzene rings is 1. The molecule has 2 rings (SSSR count). The van der Waals surface area contributed by atoms with Crippen LogP contribution in [-0.2, 0) is 0 Å². The van der Waals surface area contributed by atoms with Crippen molar-refractivity contribution in [3.05, 3.63) is 23.8 Å². The Bertz CT molecular complexity index is 494. The molecule has 0 fully saturated rings. The summed E-state index contributed by atoms with van der Waals surface area (Å²) in [6.45, 7) is 4.27. The second-order valence-electron chi connectivity index (χ2n) is 3.34. The molecule has 1 heterocycles. The van der Waals surface area contributed by atoms with Crippen LogP contribution < -0.4 is 10.5 Å². The average molecular weight is 219 g/mol. The number of nitrogens with two attached hydrogens (primary N) is 1. The zero-order valence-corrected chi connectivity index (χ0v) is 9.23. The number of nitrogens with zero attached hydrogens (tertiary/aromatic N) is 2. The summed E-state index contributed by atoms with van der Waals surface area (Å²) in [4.78, 5) is 0. The van der Waals surface area contributed by atoms with Crippen LogP contribution in [0, 0.1) is 6.92 Å². The summed E-state index contributed by atoms with van der Waals surface area (Å²) in [5.74, 6) is 0.379. The van der Waals surface area contributed by atoms with E-state index in [0.29, 0.717) is 18.2 Å². The van der Waals surface area contributed by atoms with Crippen molar-refractivity contribution in [3.63, 3.8) is 0 Å². The highest BCUT2D eigenvalue weighted by Crippen LogP contribution is 2.28. The first-order chi connectivity index (χ1) is 7.72. The number of para-hydroxylation sites is 1. The Kier molecular flexibility index (Phi) is 2.76. The van der Waals surface area contributed by atoms with Crippen LogP contribution in [0.5, 0.6) is 6.08 Å². The van der Waals surface area contributed by atoms with Gasteiger partial charge in [0.2, 0.25) is 0 Å². The van der Waals surface area contributed by atoms with E-state index in [1.54, 1.807) is 0 Å². The lowest BCUT2D eigenvalue weighted by atomic mass is 10.1. The maximum Gasteiger partial charge on any atom is 0.414 e. The minimum absolute atomic E-state index is 0.165. The first kappa shape index (κ1) is 10.5. The second-order valence-corrected chi connectivity index (χ2v) is 3.34. The molecule has 0 radical (unpaired) electrons. The van der Waals surface area contributed by atoms with Crippen molar-refractivity contribution in [2.75, 3.05) is 12.3 Å². The van der Waals surface area contributed by atoms with E-state index in [-0.39, 0.29) is 6.08 Å². The lowest BCUT2D eigenvalue weighted by molar-refractivity contribution is 0.247. The van der Waals surface area contributed by atoms with E-state index in [4.69, 9.17) is 14.9 Å². The van der Waals surface area contributed by atoms with Gasteiger partial charge < -0.3 is 14.9 Å². The molecule has 0 saturated heterocycles. The van der Waals surface area contributed by atoms with E-state index in [0.717, 1.165) is 11.1 Å². The number of ether oxygens (including phenoxy) is 1. The molecule has 0 atom stereocenters. The summed E-state index contributed by atoms with van der Waals surface area (Å²) in [5, 5.41) is 7.64. The maximum atomic E-state index is 5.93. The molecule has 0 aliphatic rings. The number of aromatic nitrogens is 2. The SMILES string of the molecule is CCOc1nnc(-c2cccc(C)c2N)o1. The summed E-state index contributed by atoms with van der Waals surface area (Å²) in [6.07, 6.45) is 0.165. The fraction of sp³-hybridized carbons (Fsp3) is 0.273. The van der Waals surface area contributed by atoms with E-state index in [2.05, 4.69) is 10.2 Å². The van der Waals surface area contributed by atoms with Crippen molar-refractivity contribution in [1.82, 2.24) is 10.2 Å². The molecule has 1 aromatic carbocycles. The van der Waals surface area contributed by atoms with E-state index in [1.807, 2.05) is 32.0 Å². The van der Waals surface area contributed by atoms with Crippen LogP contribution in [0.2, 0.25) is 0 Å².